The fourth-order valence-electron chi connectivity index (χ4n) is 3.12. The van der Waals surface area contributed by atoms with Crippen molar-refractivity contribution in [3.63, 3.8) is 0 Å². The molecule has 26 heavy (non-hydrogen) atoms. The number of esters is 1. The van der Waals surface area contributed by atoms with Crippen molar-refractivity contribution in [2.24, 2.45) is 0 Å². The third kappa shape index (κ3) is 6.17. The summed E-state index contributed by atoms with van der Waals surface area (Å²) in [6.45, 7) is 4.26. The van der Waals surface area contributed by atoms with Crippen molar-refractivity contribution in [2.45, 2.75) is 64.4 Å². The molecular weight excluding hydrogens is 344 g/mol. The van der Waals surface area contributed by atoms with Gasteiger partial charge in [-0.15, -0.1) is 0 Å². The Morgan fingerprint density at radius 3 is 2.35 bits per heavy atom. The van der Waals surface area contributed by atoms with Crippen LogP contribution in [0.15, 0.2) is 54.6 Å². The van der Waals surface area contributed by atoms with E-state index in [0.29, 0.717) is 11.4 Å². The summed E-state index contributed by atoms with van der Waals surface area (Å²) in [5.41, 5.74) is 1.94. The average molecular weight is 373 g/mol. The SMILES string of the molecule is CCCCCC(CC)OC(=O)C(Cc1ccccc1Cl)c1ccccc1. The number of carbonyl (C=O) groups is 1. The van der Waals surface area contributed by atoms with Gasteiger partial charge < -0.3 is 4.74 Å². The summed E-state index contributed by atoms with van der Waals surface area (Å²) in [6, 6.07) is 17.6. The Bertz CT molecular complexity index is 669. The topological polar surface area (TPSA) is 26.3 Å². The van der Waals surface area contributed by atoms with Crippen LogP contribution in [-0.4, -0.2) is 12.1 Å². The predicted molar refractivity (Wildman–Crippen MR) is 109 cm³/mol. The Balaban J connectivity index is 2.15. The highest BCUT2D eigenvalue weighted by Crippen LogP contribution is 2.27. The van der Waals surface area contributed by atoms with Gasteiger partial charge in [-0.05, 0) is 42.9 Å². The molecule has 0 aliphatic heterocycles. The van der Waals surface area contributed by atoms with Gasteiger partial charge in [0.1, 0.15) is 6.10 Å². The molecule has 0 aliphatic carbocycles. The molecule has 2 unspecified atom stereocenters. The summed E-state index contributed by atoms with van der Waals surface area (Å²) < 4.78 is 5.89. The Morgan fingerprint density at radius 2 is 1.69 bits per heavy atom. The number of rotatable bonds is 10. The van der Waals surface area contributed by atoms with E-state index in [2.05, 4.69) is 13.8 Å². The lowest BCUT2D eigenvalue weighted by Crippen LogP contribution is -2.24. The molecule has 2 aromatic carbocycles. The lowest BCUT2D eigenvalue weighted by Gasteiger charge is -2.22. The zero-order valence-electron chi connectivity index (χ0n) is 15.8. The highest BCUT2D eigenvalue weighted by Gasteiger charge is 2.25. The normalized spacial score (nSPS) is 13.2. The first-order valence-corrected chi connectivity index (χ1v) is 10.0. The van der Waals surface area contributed by atoms with Crippen LogP contribution in [0.3, 0.4) is 0 Å². The smallest absolute Gasteiger partial charge is 0.314 e. The Morgan fingerprint density at radius 1 is 1.00 bits per heavy atom. The van der Waals surface area contributed by atoms with Crippen LogP contribution in [0.5, 0.6) is 0 Å². The second-order valence-corrected chi connectivity index (χ2v) is 7.13. The van der Waals surface area contributed by atoms with E-state index in [1.807, 2.05) is 54.6 Å². The van der Waals surface area contributed by atoms with Crippen LogP contribution in [0.25, 0.3) is 0 Å². The number of ether oxygens (including phenoxy) is 1. The Labute approximate surface area is 162 Å². The van der Waals surface area contributed by atoms with Crippen molar-refractivity contribution in [2.75, 3.05) is 0 Å². The van der Waals surface area contributed by atoms with E-state index in [1.54, 1.807) is 0 Å². The lowest BCUT2D eigenvalue weighted by atomic mass is 9.92. The van der Waals surface area contributed by atoms with E-state index in [0.717, 1.165) is 30.4 Å². The van der Waals surface area contributed by atoms with Crippen LogP contribution in [0, 0.1) is 0 Å². The number of hydrogen-bond donors (Lipinski definition) is 0. The molecule has 0 amide bonds. The average Bonchev–Trinajstić information content (AvgIpc) is 2.67. The second-order valence-electron chi connectivity index (χ2n) is 6.72. The van der Waals surface area contributed by atoms with Gasteiger partial charge >= 0.3 is 5.97 Å². The van der Waals surface area contributed by atoms with Gasteiger partial charge in [0.2, 0.25) is 0 Å². The van der Waals surface area contributed by atoms with Gasteiger partial charge in [0.15, 0.2) is 0 Å². The third-order valence-electron chi connectivity index (χ3n) is 4.74. The van der Waals surface area contributed by atoms with Crippen molar-refractivity contribution in [1.82, 2.24) is 0 Å². The van der Waals surface area contributed by atoms with Crippen LogP contribution in [0.1, 0.15) is 63.0 Å². The predicted octanol–water partition coefficient (Wildman–Crippen LogP) is 6.57. The van der Waals surface area contributed by atoms with Crippen LogP contribution in [0.4, 0.5) is 0 Å². The standard InChI is InChI=1S/C23H29ClO2/c1-3-5-7-15-20(4-2)26-23(25)21(18-12-8-6-9-13-18)17-19-14-10-11-16-22(19)24/h6,8-14,16,20-21H,3-5,7,15,17H2,1-2H3. The number of benzene rings is 2. The molecule has 0 spiro atoms. The third-order valence-corrected chi connectivity index (χ3v) is 5.10. The number of halogens is 1. The second kappa shape index (κ2) is 11.0. The molecular formula is C23H29ClO2. The largest absolute Gasteiger partial charge is 0.462 e. The molecule has 0 aromatic heterocycles. The summed E-state index contributed by atoms with van der Waals surface area (Å²) in [7, 11) is 0. The van der Waals surface area contributed by atoms with E-state index in [4.69, 9.17) is 16.3 Å². The van der Waals surface area contributed by atoms with E-state index in [9.17, 15) is 4.79 Å². The van der Waals surface area contributed by atoms with Gasteiger partial charge in [-0.2, -0.15) is 0 Å². The van der Waals surface area contributed by atoms with Gasteiger partial charge in [-0.25, -0.2) is 0 Å². The Hall–Kier alpha value is -1.80. The van der Waals surface area contributed by atoms with Gasteiger partial charge in [0.25, 0.3) is 0 Å². The quantitative estimate of drug-likeness (QED) is 0.348. The molecule has 0 fully saturated rings. The number of unbranched alkanes of at least 4 members (excludes halogenated alkanes) is 2. The Kier molecular flexibility index (Phi) is 8.70. The molecule has 2 rings (SSSR count). The molecule has 0 saturated carbocycles. The molecule has 0 aliphatic rings. The molecule has 0 N–H and O–H groups in total. The number of carbonyl (C=O) groups excluding carboxylic acids is 1. The minimum Gasteiger partial charge on any atom is -0.462 e. The zero-order chi connectivity index (χ0) is 18.8. The monoisotopic (exact) mass is 372 g/mol. The van der Waals surface area contributed by atoms with E-state index in [1.165, 1.54) is 12.8 Å². The van der Waals surface area contributed by atoms with Crippen molar-refractivity contribution in [3.8, 4) is 0 Å². The van der Waals surface area contributed by atoms with Crippen molar-refractivity contribution >= 4 is 17.6 Å². The van der Waals surface area contributed by atoms with Crippen molar-refractivity contribution in [3.05, 3.63) is 70.7 Å². The van der Waals surface area contributed by atoms with Gasteiger partial charge in [0, 0.05) is 5.02 Å². The maximum atomic E-state index is 13.0. The first kappa shape index (κ1) is 20.5. The zero-order valence-corrected chi connectivity index (χ0v) is 16.5. The maximum Gasteiger partial charge on any atom is 0.314 e. The van der Waals surface area contributed by atoms with Gasteiger partial charge in [-0.3, -0.25) is 4.79 Å². The molecule has 2 aromatic rings. The van der Waals surface area contributed by atoms with Crippen molar-refractivity contribution in [1.29, 1.82) is 0 Å². The van der Waals surface area contributed by atoms with E-state index < -0.39 is 0 Å². The minimum atomic E-state index is -0.337. The first-order chi connectivity index (χ1) is 12.7. The van der Waals surface area contributed by atoms with Crippen molar-refractivity contribution < 1.29 is 9.53 Å². The number of hydrogen-bond acceptors (Lipinski definition) is 2. The molecule has 0 saturated heterocycles. The summed E-state index contributed by atoms with van der Waals surface area (Å²) in [5, 5.41) is 0.691. The van der Waals surface area contributed by atoms with Crippen LogP contribution >= 0.6 is 11.6 Å². The first-order valence-electron chi connectivity index (χ1n) is 9.64. The molecule has 0 heterocycles. The lowest BCUT2D eigenvalue weighted by molar-refractivity contribution is -0.151. The van der Waals surface area contributed by atoms with E-state index in [-0.39, 0.29) is 18.0 Å². The molecule has 140 valence electrons. The molecule has 0 bridgehead atoms. The molecule has 0 radical (unpaired) electrons. The molecule has 2 nitrogen and oxygen atoms in total. The summed E-state index contributed by atoms with van der Waals surface area (Å²) >= 11 is 6.33. The van der Waals surface area contributed by atoms with Crippen LogP contribution in [-0.2, 0) is 16.0 Å². The molecule has 2 atom stereocenters. The highest BCUT2D eigenvalue weighted by molar-refractivity contribution is 6.31. The fourth-order valence-corrected chi connectivity index (χ4v) is 3.33. The van der Waals surface area contributed by atoms with Crippen LogP contribution < -0.4 is 0 Å². The summed E-state index contributed by atoms with van der Waals surface area (Å²) in [6.07, 6.45) is 5.77. The summed E-state index contributed by atoms with van der Waals surface area (Å²) in [5.74, 6) is -0.490. The van der Waals surface area contributed by atoms with Crippen LogP contribution in [0.2, 0.25) is 5.02 Å². The fraction of sp³-hybridized carbons (Fsp3) is 0.435. The highest BCUT2D eigenvalue weighted by atomic mass is 35.5. The minimum absolute atomic E-state index is 0.00786. The van der Waals surface area contributed by atoms with Gasteiger partial charge in [0.05, 0.1) is 5.92 Å². The summed E-state index contributed by atoms with van der Waals surface area (Å²) in [4.78, 5) is 13.0. The molecule has 3 heteroatoms. The van der Waals surface area contributed by atoms with Gasteiger partial charge in [-0.1, -0.05) is 86.8 Å². The van der Waals surface area contributed by atoms with E-state index >= 15 is 0 Å². The maximum absolute atomic E-state index is 13.0.